The summed E-state index contributed by atoms with van der Waals surface area (Å²) in [5, 5.41) is 2.94. The first-order chi connectivity index (χ1) is 14.4. The number of hydrogen-bond acceptors (Lipinski definition) is 5. The van der Waals surface area contributed by atoms with Gasteiger partial charge in [0.2, 0.25) is 5.91 Å². The number of sulfonamides is 1. The van der Waals surface area contributed by atoms with E-state index in [1.165, 1.54) is 15.6 Å². The number of hydrogen-bond donors (Lipinski definition) is 1. The Hall–Kier alpha value is -1.65. The minimum atomic E-state index is -3.41. The topological polar surface area (TPSA) is 90.0 Å². The molecule has 10 heteroatoms. The van der Waals surface area contributed by atoms with E-state index in [0.717, 1.165) is 17.7 Å². The van der Waals surface area contributed by atoms with Gasteiger partial charge in [-0.25, -0.2) is 13.2 Å². The van der Waals surface area contributed by atoms with Gasteiger partial charge in [-0.2, -0.15) is 4.31 Å². The average molecular weight is 457 g/mol. The minimum absolute atomic E-state index is 0.0257. The predicted molar refractivity (Wildman–Crippen MR) is 117 cm³/mol. The van der Waals surface area contributed by atoms with E-state index in [-0.39, 0.29) is 17.9 Å². The number of piperidine rings is 1. The Kier molecular flexibility index (Phi) is 7.75. The molecule has 2 aliphatic rings. The van der Waals surface area contributed by atoms with Crippen molar-refractivity contribution in [2.75, 3.05) is 39.3 Å². The maximum atomic E-state index is 12.6. The zero-order valence-electron chi connectivity index (χ0n) is 17.8. The predicted octanol–water partition coefficient (Wildman–Crippen LogP) is 2.32. The van der Waals surface area contributed by atoms with Crippen LogP contribution in [0, 0.1) is 5.92 Å². The summed E-state index contributed by atoms with van der Waals surface area (Å²) in [6.07, 6.45) is 3.12. The van der Waals surface area contributed by atoms with E-state index in [1.807, 2.05) is 18.7 Å². The highest BCUT2D eigenvalue weighted by Gasteiger charge is 2.30. The van der Waals surface area contributed by atoms with Crippen LogP contribution in [0.5, 0.6) is 0 Å². The third-order valence-electron chi connectivity index (χ3n) is 5.90. The number of thiophene rings is 1. The zero-order valence-corrected chi connectivity index (χ0v) is 19.4. The molecule has 1 N–H and O–H groups in total. The van der Waals surface area contributed by atoms with Gasteiger partial charge in [-0.05, 0) is 51.7 Å². The smallest absolute Gasteiger partial charge is 0.319 e. The van der Waals surface area contributed by atoms with Crippen LogP contribution < -0.4 is 5.32 Å². The van der Waals surface area contributed by atoms with Crippen molar-refractivity contribution in [1.29, 1.82) is 0 Å². The van der Waals surface area contributed by atoms with Crippen molar-refractivity contribution >= 4 is 33.3 Å². The molecule has 3 heterocycles. The van der Waals surface area contributed by atoms with Gasteiger partial charge in [0.15, 0.2) is 0 Å². The van der Waals surface area contributed by atoms with Crippen molar-refractivity contribution in [2.24, 2.45) is 5.92 Å². The first-order valence-electron chi connectivity index (χ1n) is 10.8. The molecule has 0 atom stereocenters. The summed E-state index contributed by atoms with van der Waals surface area (Å²) in [6, 6.07) is 3.46. The minimum Gasteiger partial charge on any atom is -0.351 e. The van der Waals surface area contributed by atoms with Crippen molar-refractivity contribution in [3.05, 3.63) is 17.0 Å². The van der Waals surface area contributed by atoms with Gasteiger partial charge >= 0.3 is 6.03 Å². The molecule has 3 amide bonds. The molecular formula is C20H32N4O4S2. The Balaban J connectivity index is 1.48. The number of carbonyl (C=O) groups excluding carboxylic acids is 2. The van der Waals surface area contributed by atoms with Crippen LogP contribution in [0.4, 0.5) is 4.79 Å². The van der Waals surface area contributed by atoms with Gasteiger partial charge in [0, 0.05) is 50.1 Å². The molecule has 3 rings (SSSR count). The molecule has 0 radical (unpaired) electrons. The number of rotatable bonds is 7. The Labute approximate surface area is 183 Å². The second-order valence-corrected chi connectivity index (χ2v) is 11.1. The SMILES string of the molecule is CCN(CC)C(=O)N1CCC(C(=O)NCc2ccc(S(=O)(=O)N3CCCC3)s2)CC1. The van der Waals surface area contributed by atoms with Crippen LogP contribution in [0.2, 0.25) is 0 Å². The Morgan fingerprint density at radius 2 is 1.73 bits per heavy atom. The monoisotopic (exact) mass is 456 g/mol. The largest absolute Gasteiger partial charge is 0.351 e. The molecule has 0 aromatic carbocycles. The summed E-state index contributed by atoms with van der Waals surface area (Å²) in [6.45, 7) is 7.98. The van der Waals surface area contributed by atoms with Crippen LogP contribution in [-0.2, 0) is 21.4 Å². The molecule has 1 aromatic rings. The van der Waals surface area contributed by atoms with E-state index >= 15 is 0 Å². The molecule has 0 unspecified atom stereocenters. The summed E-state index contributed by atoms with van der Waals surface area (Å²) >= 11 is 1.23. The molecule has 168 valence electrons. The lowest BCUT2D eigenvalue weighted by molar-refractivity contribution is -0.126. The van der Waals surface area contributed by atoms with Crippen molar-refractivity contribution in [3.8, 4) is 0 Å². The first-order valence-corrected chi connectivity index (χ1v) is 13.0. The van der Waals surface area contributed by atoms with Gasteiger partial charge < -0.3 is 15.1 Å². The second kappa shape index (κ2) is 10.1. The van der Waals surface area contributed by atoms with E-state index in [1.54, 1.807) is 17.0 Å². The van der Waals surface area contributed by atoms with Gasteiger partial charge in [-0.15, -0.1) is 11.3 Å². The van der Waals surface area contributed by atoms with Crippen LogP contribution in [0.15, 0.2) is 16.3 Å². The maximum Gasteiger partial charge on any atom is 0.319 e. The van der Waals surface area contributed by atoms with E-state index in [2.05, 4.69) is 5.32 Å². The third kappa shape index (κ3) is 5.15. The second-order valence-electron chi connectivity index (χ2n) is 7.77. The van der Waals surface area contributed by atoms with E-state index < -0.39 is 10.0 Å². The standard InChI is InChI=1S/C20H32N4O4S2/c1-3-22(4-2)20(26)23-13-9-16(10-14-23)19(25)21-15-17-7-8-18(29-17)30(27,28)24-11-5-6-12-24/h7-8,16H,3-6,9-15H2,1-2H3,(H,21,25). The molecular weight excluding hydrogens is 424 g/mol. The summed E-state index contributed by atoms with van der Waals surface area (Å²) in [7, 11) is -3.41. The van der Waals surface area contributed by atoms with Gasteiger partial charge in [0.25, 0.3) is 10.0 Å². The molecule has 2 aliphatic heterocycles. The van der Waals surface area contributed by atoms with Gasteiger partial charge in [0.1, 0.15) is 4.21 Å². The molecule has 2 saturated heterocycles. The Morgan fingerprint density at radius 1 is 1.10 bits per heavy atom. The number of likely N-dealkylation sites (tertiary alicyclic amines) is 1. The number of carbonyl (C=O) groups is 2. The molecule has 0 spiro atoms. The highest BCUT2D eigenvalue weighted by molar-refractivity contribution is 7.91. The normalized spacial score (nSPS) is 18.5. The fraction of sp³-hybridized carbons (Fsp3) is 0.700. The van der Waals surface area contributed by atoms with Crippen LogP contribution in [0.25, 0.3) is 0 Å². The summed E-state index contributed by atoms with van der Waals surface area (Å²) in [5.74, 6) is -0.138. The van der Waals surface area contributed by atoms with Crippen molar-refractivity contribution < 1.29 is 18.0 Å². The number of nitrogens with zero attached hydrogens (tertiary/aromatic N) is 3. The summed E-state index contributed by atoms with van der Waals surface area (Å²) in [5.41, 5.74) is 0. The summed E-state index contributed by atoms with van der Waals surface area (Å²) in [4.78, 5) is 29.4. The summed E-state index contributed by atoms with van der Waals surface area (Å²) < 4.78 is 27.1. The van der Waals surface area contributed by atoms with E-state index in [9.17, 15) is 18.0 Å². The van der Waals surface area contributed by atoms with Crippen LogP contribution in [-0.4, -0.2) is 73.7 Å². The van der Waals surface area contributed by atoms with Crippen molar-refractivity contribution in [3.63, 3.8) is 0 Å². The third-order valence-corrected chi connectivity index (χ3v) is 9.35. The van der Waals surface area contributed by atoms with Crippen LogP contribution >= 0.6 is 11.3 Å². The van der Waals surface area contributed by atoms with E-state index in [0.29, 0.717) is 62.9 Å². The Morgan fingerprint density at radius 3 is 2.33 bits per heavy atom. The molecule has 8 nitrogen and oxygen atoms in total. The van der Waals surface area contributed by atoms with Gasteiger partial charge in [-0.3, -0.25) is 4.79 Å². The molecule has 30 heavy (non-hydrogen) atoms. The molecule has 2 fully saturated rings. The lowest BCUT2D eigenvalue weighted by atomic mass is 9.96. The van der Waals surface area contributed by atoms with E-state index in [4.69, 9.17) is 0 Å². The average Bonchev–Trinajstić information content (AvgIpc) is 3.45. The fourth-order valence-corrected chi connectivity index (χ4v) is 6.96. The number of nitrogens with one attached hydrogen (secondary N) is 1. The van der Waals surface area contributed by atoms with Gasteiger partial charge in [0.05, 0.1) is 6.54 Å². The van der Waals surface area contributed by atoms with Gasteiger partial charge in [-0.1, -0.05) is 0 Å². The van der Waals surface area contributed by atoms with Crippen molar-refractivity contribution in [2.45, 2.75) is 50.3 Å². The molecule has 0 saturated carbocycles. The number of amides is 3. The highest BCUT2D eigenvalue weighted by atomic mass is 32.2. The maximum absolute atomic E-state index is 12.6. The van der Waals surface area contributed by atoms with Crippen LogP contribution in [0.1, 0.15) is 44.4 Å². The first kappa shape index (κ1) is 23.0. The lowest BCUT2D eigenvalue weighted by Crippen LogP contribution is -2.48. The lowest BCUT2D eigenvalue weighted by Gasteiger charge is -2.34. The van der Waals surface area contributed by atoms with Crippen molar-refractivity contribution in [1.82, 2.24) is 19.4 Å². The fourth-order valence-electron chi connectivity index (χ4n) is 3.99. The zero-order chi connectivity index (χ0) is 21.7. The number of urea groups is 1. The van der Waals surface area contributed by atoms with Crippen LogP contribution in [0.3, 0.4) is 0 Å². The molecule has 0 bridgehead atoms. The molecule has 1 aromatic heterocycles. The molecule has 0 aliphatic carbocycles. The highest BCUT2D eigenvalue weighted by Crippen LogP contribution is 2.27. The quantitative estimate of drug-likeness (QED) is 0.682. The Bertz CT molecular complexity index is 837.